The summed E-state index contributed by atoms with van der Waals surface area (Å²) in [5.74, 6) is -3.31. The zero-order valence-corrected chi connectivity index (χ0v) is 18.9. The van der Waals surface area contributed by atoms with Crippen molar-refractivity contribution in [2.24, 2.45) is 0 Å². The van der Waals surface area contributed by atoms with E-state index < -0.39 is 40.2 Å². The first-order chi connectivity index (χ1) is 15.5. The molecule has 0 saturated heterocycles. The van der Waals surface area contributed by atoms with Gasteiger partial charge in [0.2, 0.25) is 5.82 Å². The van der Waals surface area contributed by atoms with Gasteiger partial charge >= 0.3 is 12.5 Å². The molecule has 13 heteroatoms. The van der Waals surface area contributed by atoms with Gasteiger partial charge in [-0.25, -0.2) is 9.55 Å². The summed E-state index contributed by atoms with van der Waals surface area (Å²) in [6, 6.07) is 13.7. The Bertz CT molecular complexity index is 1180. The minimum Gasteiger partial charge on any atom is -0.305 e. The van der Waals surface area contributed by atoms with E-state index >= 15 is 0 Å². The molecule has 0 aliphatic rings. The number of nitrogens with zero attached hydrogens (tertiary/aromatic N) is 4. The largest absolute Gasteiger partial charge is 0.490 e. The van der Waals surface area contributed by atoms with Gasteiger partial charge in [0.1, 0.15) is 5.69 Å². The number of rotatable bonds is 2. The Morgan fingerprint density at radius 3 is 1.88 bits per heavy atom. The van der Waals surface area contributed by atoms with Gasteiger partial charge < -0.3 is 4.98 Å². The molecule has 4 rings (SSSR count). The van der Waals surface area contributed by atoms with Crippen molar-refractivity contribution in [2.75, 3.05) is 0 Å². The van der Waals surface area contributed by atoms with E-state index in [-0.39, 0.29) is 37.6 Å². The van der Waals surface area contributed by atoms with Crippen molar-refractivity contribution in [3.63, 3.8) is 0 Å². The Morgan fingerprint density at radius 2 is 1.44 bits per heavy atom. The van der Waals surface area contributed by atoms with Crippen LogP contribution in [-0.2, 0) is 32.6 Å². The third-order valence-electron chi connectivity index (χ3n) is 3.94. The van der Waals surface area contributed by atoms with Crippen molar-refractivity contribution < 1.29 is 59.8 Å². The zero-order valence-electron chi connectivity index (χ0n) is 16.5. The van der Waals surface area contributed by atoms with Gasteiger partial charge in [-0.05, 0) is 23.9 Å². The second-order valence-corrected chi connectivity index (χ2v) is 6.26. The van der Waals surface area contributed by atoms with Crippen molar-refractivity contribution in [3.8, 4) is 22.6 Å². The van der Waals surface area contributed by atoms with Gasteiger partial charge in [-0.15, -0.1) is 25.3 Å². The van der Waals surface area contributed by atoms with Crippen molar-refractivity contribution in [1.82, 2.24) is 15.0 Å². The van der Waals surface area contributed by atoms with Crippen LogP contribution in [0.3, 0.4) is 0 Å². The summed E-state index contributed by atoms with van der Waals surface area (Å²) in [7, 11) is 0. The number of alkyl halides is 6. The summed E-state index contributed by atoms with van der Waals surface area (Å²) in [5, 5.41) is 0. The van der Waals surface area contributed by atoms with Crippen LogP contribution in [0.15, 0.2) is 67.1 Å². The van der Waals surface area contributed by atoms with Crippen LogP contribution in [0.25, 0.3) is 22.6 Å². The molecule has 0 fully saturated rings. The Balaban J connectivity index is 0.000000243. The number of halogens is 8. The van der Waals surface area contributed by atoms with E-state index in [1.54, 1.807) is 24.4 Å². The molecule has 34 heavy (non-hydrogen) atoms. The average molecular weight is 664 g/mol. The van der Waals surface area contributed by atoms with Crippen LogP contribution in [0.5, 0.6) is 0 Å². The van der Waals surface area contributed by atoms with Gasteiger partial charge in [0.15, 0.2) is 0 Å². The third kappa shape index (κ3) is 6.67. The van der Waals surface area contributed by atoms with E-state index in [9.17, 15) is 35.1 Å². The van der Waals surface area contributed by atoms with Gasteiger partial charge in [-0.3, -0.25) is 13.8 Å². The normalized spacial score (nSPS) is 11.3. The maximum atomic E-state index is 13.2. The van der Waals surface area contributed by atoms with Crippen molar-refractivity contribution in [1.29, 1.82) is 0 Å². The van der Waals surface area contributed by atoms with Crippen LogP contribution in [0.2, 0.25) is 0 Å². The van der Waals surface area contributed by atoms with E-state index in [1.807, 2.05) is 0 Å². The van der Waals surface area contributed by atoms with Crippen molar-refractivity contribution in [2.45, 2.75) is 12.5 Å². The molecule has 4 aromatic rings. The Hall–Kier alpha value is -3.18. The van der Waals surface area contributed by atoms with Crippen LogP contribution in [0.1, 0.15) is 5.82 Å². The van der Waals surface area contributed by atoms with E-state index in [0.29, 0.717) is 5.69 Å². The first-order valence-electron chi connectivity index (χ1n) is 8.90. The predicted octanol–water partition coefficient (Wildman–Crippen LogP) is 5.31. The first kappa shape index (κ1) is 27.1. The maximum Gasteiger partial charge on any atom is 0.490 e. The SMILES string of the molecule is FC(F)(F)c1[n-]c(-c2ccccn2)c[n+]1C(F)(F)F.Fc1c[c-]c(-c2ccccn2)c(F)c1.[Ir]. The molecule has 0 N–H and O–H groups in total. The van der Waals surface area contributed by atoms with E-state index in [0.717, 1.165) is 12.1 Å². The molecule has 1 radical (unpaired) electrons. The summed E-state index contributed by atoms with van der Waals surface area (Å²) < 4.78 is 100.0. The second-order valence-electron chi connectivity index (χ2n) is 6.26. The summed E-state index contributed by atoms with van der Waals surface area (Å²) in [6.45, 7) is 0. The molecule has 0 spiro atoms. The van der Waals surface area contributed by atoms with E-state index in [2.05, 4.69) is 21.0 Å². The van der Waals surface area contributed by atoms with E-state index in [4.69, 9.17) is 0 Å². The minimum absolute atomic E-state index is 0. The summed E-state index contributed by atoms with van der Waals surface area (Å²) in [6.07, 6.45) is -7.35. The van der Waals surface area contributed by atoms with Gasteiger partial charge in [-0.2, -0.15) is 13.2 Å². The number of hydrogen-bond donors (Lipinski definition) is 0. The van der Waals surface area contributed by atoms with Gasteiger partial charge in [-0.1, -0.05) is 29.8 Å². The molecule has 181 valence electrons. The molecule has 0 saturated carbocycles. The number of imidazole rings is 1. The van der Waals surface area contributed by atoms with Crippen molar-refractivity contribution in [3.05, 3.63) is 90.6 Å². The Kier molecular flexibility index (Phi) is 8.62. The molecule has 3 heterocycles. The fraction of sp³-hybridized carbons (Fsp3) is 0.0952. The molecule has 0 amide bonds. The summed E-state index contributed by atoms with van der Waals surface area (Å²) >= 11 is 0. The number of aromatic nitrogens is 4. The fourth-order valence-corrected chi connectivity index (χ4v) is 2.56. The smallest absolute Gasteiger partial charge is 0.305 e. The molecule has 4 nitrogen and oxygen atoms in total. The van der Waals surface area contributed by atoms with Gasteiger partial charge in [0, 0.05) is 50.3 Å². The first-order valence-corrected chi connectivity index (χ1v) is 8.90. The molecular formula is C21H11F8IrN4-. The zero-order chi connectivity index (χ0) is 24.2. The number of benzene rings is 1. The van der Waals surface area contributed by atoms with Crippen LogP contribution >= 0.6 is 0 Å². The quantitative estimate of drug-likeness (QED) is 0.166. The topological polar surface area (TPSA) is 43.8 Å². The van der Waals surface area contributed by atoms with Crippen LogP contribution in [0, 0.1) is 17.7 Å². The maximum absolute atomic E-state index is 13.2. The molecule has 3 aromatic heterocycles. The Morgan fingerprint density at radius 1 is 0.853 bits per heavy atom. The predicted molar refractivity (Wildman–Crippen MR) is 97.9 cm³/mol. The number of hydrogen-bond acceptors (Lipinski definition) is 2. The second kappa shape index (κ2) is 10.8. The molecule has 0 unspecified atom stereocenters. The molecule has 0 bridgehead atoms. The number of pyridine rings is 2. The van der Waals surface area contributed by atoms with Gasteiger partial charge in [0.05, 0.1) is 5.69 Å². The van der Waals surface area contributed by atoms with Crippen LogP contribution in [-0.4, -0.2) is 9.97 Å². The Labute approximate surface area is 200 Å². The molecule has 0 aliphatic carbocycles. The molecule has 1 aromatic carbocycles. The third-order valence-corrected chi connectivity index (χ3v) is 3.94. The molecule has 0 aliphatic heterocycles. The average Bonchev–Trinajstić information content (AvgIpc) is 3.22. The van der Waals surface area contributed by atoms with E-state index in [1.165, 1.54) is 24.4 Å². The van der Waals surface area contributed by atoms with Gasteiger partial charge in [0.25, 0.3) is 0 Å². The monoisotopic (exact) mass is 664 g/mol. The minimum atomic E-state index is -5.21. The standard InChI is InChI=1S/C11H6F2N.C10H5F6N3.Ir/c12-8-4-5-9(10(13)7-8)11-3-1-2-6-14-11;11-9(12,13)8-18-7(5-19(8)10(14,15)16)6-3-1-2-4-17-6;/h1-4,6-7H;1-5H;/q-1;;. The summed E-state index contributed by atoms with van der Waals surface area (Å²) in [5.41, 5.74) is 0.0678. The fourth-order valence-electron chi connectivity index (χ4n) is 2.56. The van der Waals surface area contributed by atoms with Crippen LogP contribution in [0.4, 0.5) is 35.1 Å². The molecular weight excluding hydrogens is 652 g/mol. The van der Waals surface area contributed by atoms with Crippen LogP contribution < -0.4 is 9.55 Å². The van der Waals surface area contributed by atoms with Crippen molar-refractivity contribution >= 4 is 0 Å². The summed E-state index contributed by atoms with van der Waals surface area (Å²) in [4.78, 5) is 10.6. The molecule has 0 atom stereocenters.